The van der Waals surface area contributed by atoms with Gasteiger partial charge in [-0.25, -0.2) is 9.59 Å². The molecule has 1 heterocycles. The second-order valence-corrected chi connectivity index (χ2v) is 3.36. The number of aromatic nitrogens is 2. The number of carboxylic acids is 1. The lowest BCUT2D eigenvalue weighted by molar-refractivity contribution is -0.137. The molecule has 0 aliphatic rings. The van der Waals surface area contributed by atoms with Crippen molar-refractivity contribution in [2.45, 2.75) is 13.8 Å². The molecule has 1 N–H and O–H groups in total. The molecule has 0 unspecified atom stereocenters. The quantitative estimate of drug-likeness (QED) is 0.625. The summed E-state index contributed by atoms with van der Waals surface area (Å²) in [5, 5.41) is 13.0. The molecule has 0 saturated heterocycles. The first-order chi connectivity index (χ1) is 7.97. The molecule has 6 nitrogen and oxygen atoms in total. The normalized spacial score (nSPS) is 10.8. The zero-order valence-corrected chi connectivity index (χ0v) is 9.93. The molecule has 0 aliphatic heterocycles. The van der Waals surface area contributed by atoms with Crippen LogP contribution in [0.25, 0.3) is 6.08 Å². The Balaban J connectivity index is 3.06. The Morgan fingerprint density at radius 3 is 2.71 bits per heavy atom. The number of carbonyl (C=O) groups is 2. The van der Waals surface area contributed by atoms with Crippen molar-refractivity contribution >= 4 is 18.0 Å². The minimum absolute atomic E-state index is 0.0445. The Hall–Kier alpha value is -2.11. The molecule has 0 saturated carbocycles. The van der Waals surface area contributed by atoms with Crippen LogP contribution in [-0.4, -0.2) is 33.4 Å². The van der Waals surface area contributed by atoms with E-state index in [2.05, 4.69) is 5.10 Å². The number of aromatic carboxylic acids is 1. The van der Waals surface area contributed by atoms with Crippen LogP contribution in [0, 0.1) is 6.92 Å². The fraction of sp³-hybridized carbons (Fsp3) is 0.364. The van der Waals surface area contributed by atoms with Crippen LogP contribution in [-0.2, 0) is 16.6 Å². The molecule has 1 aromatic heterocycles. The summed E-state index contributed by atoms with van der Waals surface area (Å²) in [7, 11) is 1.54. The third kappa shape index (κ3) is 2.93. The molecule has 0 amide bonds. The summed E-state index contributed by atoms with van der Waals surface area (Å²) in [5.74, 6) is -1.59. The van der Waals surface area contributed by atoms with E-state index >= 15 is 0 Å². The monoisotopic (exact) mass is 238 g/mol. The maximum Gasteiger partial charge on any atom is 0.354 e. The van der Waals surface area contributed by atoms with Crippen molar-refractivity contribution in [3.63, 3.8) is 0 Å². The van der Waals surface area contributed by atoms with Crippen LogP contribution in [0.4, 0.5) is 0 Å². The Morgan fingerprint density at radius 2 is 2.18 bits per heavy atom. The van der Waals surface area contributed by atoms with Crippen LogP contribution in [0.15, 0.2) is 6.08 Å². The lowest BCUT2D eigenvalue weighted by Crippen LogP contribution is -2.07. The largest absolute Gasteiger partial charge is 0.477 e. The van der Waals surface area contributed by atoms with E-state index in [0.717, 1.165) is 0 Å². The minimum atomic E-state index is -1.09. The van der Waals surface area contributed by atoms with Gasteiger partial charge in [-0.3, -0.25) is 4.68 Å². The van der Waals surface area contributed by atoms with E-state index in [-0.39, 0.29) is 12.3 Å². The van der Waals surface area contributed by atoms with Crippen molar-refractivity contribution in [2.75, 3.05) is 6.61 Å². The van der Waals surface area contributed by atoms with Crippen LogP contribution in [0.5, 0.6) is 0 Å². The van der Waals surface area contributed by atoms with E-state index in [4.69, 9.17) is 9.84 Å². The topological polar surface area (TPSA) is 81.4 Å². The number of carboxylic acid groups (broad SMARTS) is 1. The predicted octanol–water partition coefficient (Wildman–Crippen LogP) is 1.00. The summed E-state index contributed by atoms with van der Waals surface area (Å²) < 4.78 is 5.98. The molecule has 0 bridgehead atoms. The standard InChI is InChI=1S/C11H14N2O4/c1-4-17-9(14)6-5-8-7(2)12-13(3)10(8)11(15)16/h5-6H,4H2,1-3H3,(H,15,16). The number of aryl methyl sites for hydroxylation is 2. The van der Waals surface area contributed by atoms with E-state index in [9.17, 15) is 9.59 Å². The molecule has 1 aromatic rings. The molecular weight excluding hydrogens is 224 g/mol. The number of carbonyl (C=O) groups excluding carboxylic acids is 1. The number of nitrogens with zero attached hydrogens (tertiary/aromatic N) is 2. The maximum absolute atomic E-state index is 11.1. The van der Waals surface area contributed by atoms with Crippen LogP contribution in [0.1, 0.15) is 28.7 Å². The van der Waals surface area contributed by atoms with E-state index in [0.29, 0.717) is 11.3 Å². The molecule has 0 fully saturated rings. The van der Waals surface area contributed by atoms with Gasteiger partial charge in [0.25, 0.3) is 0 Å². The van der Waals surface area contributed by atoms with Crippen molar-refractivity contribution in [3.05, 3.63) is 23.0 Å². The third-order valence-corrected chi connectivity index (χ3v) is 2.14. The molecule has 0 spiro atoms. The van der Waals surface area contributed by atoms with Gasteiger partial charge in [0.05, 0.1) is 12.3 Å². The number of hydrogen-bond donors (Lipinski definition) is 1. The zero-order valence-electron chi connectivity index (χ0n) is 9.93. The van der Waals surface area contributed by atoms with Gasteiger partial charge in [0, 0.05) is 18.7 Å². The Kier molecular flexibility index (Phi) is 4.03. The minimum Gasteiger partial charge on any atom is -0.477 e. The molecule has 0 atom stereocenters. The number of hydrogen-bond acceptors (Lipinski definition) is 4. The van der Waals surface area contributed by atoms with Gasteiger partial charge in [-0.1, -0.05) is 0 Å². The fourth-order valence-corrected chi connectivity index (χ4v) is 1.47. The van der Waals surface area contributed by atoms with Crippen molar-refractivity contribution in [3.8, 4) is 0 Å². The summed E-state index contributed by atoms with van der Waals surface area (Å²) in [5.41, 5.74) is 1.00. The average molecular weight is 238 g/mol. The Bertz CT molecular complexity index is 474. The summed E-state index contributed by atoms with van der Waals surface area (Å²) in [4.78, 5) is 22.1. The van der Waals surface area contributed by atoms with Gasteiger partial charge in [0.15, 0.2) is 5.69 Å². The van der Waals surface area contributed by atoms with Gasteiger partial charge in [-0.15, -0.1) is 0 Å². The second kappa shape index (κ2) is 5.29. The highest BCUT2D eigenvalue weighted by molar-refractivity contribution is 5.94. The molecule has 1 rings (SSSR count). The smallest absolute Gasteiger partial charge is 0.354 e. The van der Waals surface area contributed by atoms with Gasteiger partial charge in [0.2, 0.25) is 0 Å². The van der Waals surface area contributed by atoms with E-state index in [1.807, 2.05) is 0 Å². The van der Waals surface area contributed by atoms with Crippen LogP contribution in [0.2, 0.25) is 0 Å². The molecule has 6 heteroatoms. The zero-order chi connectivity index (χ0) is 13.0. The van der Waals surface area contributed by atoms with Crippen LogP contribution < -0.4 is 0 Å². The maximum atomic E-state index is 11.1. The summed E-state index contributed by atoms with van der Waals surface area (Å²) in [6.45, 7) is 3.65. The highest BCUT2D eigenvalue weighted by Crippen LogP contribution is 2.15. The van der Waals surface area contributed by atoms with Gasteiger partial charge in [0.1, 0.15) is 0 Å². The molecule has 17 heavy (non-hydrogen) atoms. The first kappa shape index (κ1) is 13.0. The van der Waals surface area contributed by atoms with Crippen molar-refractivity contribution in [1.29, 1.82) is 0 Å². The molecule has 0 aliphatic carbocycles. The fourth-order valence-electron chi connectivity index (χ4n) is 1.47. The molecule has 92 valence electrons. The van der Waals surface area contributed by atoms with Crippen LogP contribution in [0.3, 0.4) is 0 Å². The van der Waals surface area contributed by atoms with E-state index in [1.54, 1.807) is 13.8 Å². The highest BCUT2D eigenvalue weighted by Gasteiger charge is 2.17. The molecule has 0 aromatic carbocycles. The van der Waals surface area contributed by atoms with Crippen LogP contribution >= 0.6 is 0 Å². The summed E-state index contributed by atoms with van der Waals surface area (Å²) in [6.07, 6.45) is 2.60. The third-order valence-electron chi connectivity index (χ3n) is 2.14. The van der Waals surface area contributed by atoms with Gasteiger partial charge < -0.3 is 9.84 Å². The summed E-state index contributed by atoms with van der Waals surface area (Å²) in [6, 6.07) is 0. The molecular formula is C11H14N2O4. The average Bonchev–Trinajstić information content (AvgIpc) is 2.50. The van der Waals surface area contributed by atoms with Gasteiger partial charge in [-0.05, 0) is 19.9 Å². The number of rotatable bonds is 4. The SMILES string of the molecule is CCOC(=O)C=Cc1c(C)nn(C)c1C(=O)O. The highest BCUT2D eigenvalue weighted by atomic mass is 16.5. The Morgan fingerprint density at radius 1 is 1.53 bits per heavy atom. The number of ether oxygens (including phenoxy) is 1. The van der Waals surface area contributed by atoms with E-state index < -0.39 is 11.9 Å². The Labute approximate surface area is 98.5 Å². The second-order valence-electron chi connectivity index (χ2n) is 3.36. The van der Waals surface area contributed by atoms with Crippen molar-refractivity contribution in [2.24, 2.45) is 7.05 Å². The molecule has 0 radical (unpaired) electrons. The van der Waals surface area contributed by atoms with Crippen molar-refractivity contribution in [1.82, 2.24) is 9.78 Å². The van der Waals surface area contributed by atoms with E-state index in [1.165, 1.54) is 23.9 Å². The number of esters is 1. The lowest BCUT2D eigenvalue weighted by Gasteiger charge is -1.97. The summed E-state index contributed by atoms with van der Waals surface area (Å²) >= 11 is 0. The van der Waals surface area contributed by atoms with Gasteiger partial charge in [-0.2, -0.15) is 5.10 Å². The van der Waals surface area contributed by atoms with Gasteiger partial charge >= 0.3 is 11.9 Å². The lowest BCUT2D eigenvalue weighted by atomic mass is 10.1. The first-order valence-corrected chi connectivity index (χ1v) is 5.09. The predicted molar refractivity (Wildman–Crippen MR) is 60.6 cm³/mol. The van der Waals surface area contributed by atoms with Crippen molar-refractivity contribution < 1.29 is 19.4 Å². The first-order valence-electron chi connectivity index (χ1n) is 5.09.